The summed E-state index contributed by atoms with van der Waals surface area (Å²) in [6.45, 7) is 25.7. The van der Waals surface area contributed by atoms with Gasteiger partial charge in [0.1, 0.15) is 11.2 Å². The Labute approximate surface area is 201 Å². The highest BCUT2D eigenvalue weighted by Crippen LogP contribution is 2.29. The van der Waals surface area contributed by atoms with E-state index in [-0.39, 0.29) is 11.2 Å². The molecule has 0 fully saturated rings. The Morgan fingerprint density at radius 1 is 0.576 bits per heavy atom. The van der Waals surface area contributed by atoms with Gasteiger partial charge in [-0.1, -0.05) is 60.7 Å². The van der Waals surface area contributed by atoms with Crippen LogP contribution in [0, 0.1) is 0 Å². The van der Waals surface area contributed by atoms with E-state index in [1.165, 1.54) is 0 Å². The van der Waals surface area contributed by atoms with Crippen molar-refractivity contribution in [2.24, 2.45) is 0 Å². The molecule has 2 aromatic rings. The zero-order chi connectivity index (χ0) is 25.5. The third kappa shape index (κ3) is 11.1. The first-order chi connectivity index (χ1) is 14.9. The van der Waals surface area contributed by atoms with E-state index in [1.54, 1.807) is 0 Å². The van der Waals surface area contributed by atoms with Crippen LogP contribution < -0.4 is 0 Å². The van der Waals surface area contributed by atoms with Crippen molar-refractivity contribution in [3.8, 4) is 0 Å². The van der Waals surface area contributed by atoms with E-state index in [0.29, 0.717) is 0 Å². The summed E-state index contributed by atoms with van der Waals surface area (Å²) in [7, 11) is 0. The largest absolute Gasteiger partial charge is 0.230 e. The first kappa shape index (κ1) is 29.1. The van der Waals surface area contributed by atoms with E-state index in [9.17, 15) is 0 Å². The first-order valence-corrected chi connectivity index (χ1v) is 11.5. The highest BCUT2D eigenvalue weighted by molar-refractivity contribution is 5.62. The Kier molecular flexibility index (Phi) is 10.1. The average Bonchev–Trinajstić information content (AvgIpc) is 2.71. The van der Waals surface area contributed by atoms with E-state index in [0.717, 1.165) is 22.3 Å². The fourth-order valence-corrected chi connectivity index (χ4v) is 2.55. The highest BCUT2D eigenvalue weighted by Gasteiger charge is 2.27. The Morgan fingerprint density at radius 3 is 1.42 bits per heavy atom. The smallest absolute Gasteiger partial charge is 0.123 e. The van der Waals surface area contributed by atoms with Gasteiger partial charge in [-0.3, -0.25) is 0 Å². The first-order valence-electron chi connectivity index (χ1n) is 11.5. The Balaban J connectivity index is 0.000000335. The second-order valence-corrected chi connectivity index (χ2v) is 11.3. The summed E-state index contributed by atoms with van der Waals surface area (Å²) >= 11 is 0. The summed E-state index contributed by atoms with van der Waals surface area (Å²) in [4.78, 5) is 21.8. The molecule has 0 N–H and O–H groups in total. The van der Waals surface area contributed by atoms with Gasteiger partial charge in [-0.05, 0) is 98.9 Å². The number of benzene rings is 2. The molecule has 0 unspecified atom stereocenters. The molecule has 0 aliphatic carbocycles. The van der Waals surface area contributed by atoms with Crippen LogP contribution in [0.25, 0.3) is 5.57 Å². The molecule has 0 saturated carbocycles. The lowest BCUT2D eigenvalue weighted by Gasteiger charge is -2.29. The van der Waals surface area contributed by atoms with Crippen molar-refractivity contribution in [3.63, 3.8) is 0 Å². The molecule has 0 radical (unpaired) electrons. The van der Waals surface area contributed by atoms with Crippen LogP contribution in [-0.2, 0) is 30.8 Å². The molecule has 0 spiro atoms. The van der Waals surface area contributed by atoms with Gasteiger partial charge in [0, 0.05) is 0 Å². The van der Waals surface area contributed by atoms with Gasteiger partial charge in [0.2, 0.25) is 0 Å². The fraction of sp³-hybridized carbons (Fsp3) is 0.517. The van der Waals surface area contributed by atoms with Gasteiger partial charge in [0.15, 0.2) is 0 Å². The van der Waals surface area contributed by atoms with E-state index in [1.807, 2.05) is 125 Å². The Hall–Kier alpha value is -1.98. The standard InChI is InChI=1S/C16H24O2.C13H20O2/c1-12(2)13-9-8-10-14(11-13)16(6,7)18-17-15(3,4)5;1-12(2,3)14-15-13(4,5)11-9-7-6-8-10-11/h8-11H,1H2,2-7H3;6-10H,1-5H3. The molecular formula is C29H44O4. The lowest BCUT2D eigenvalue weighted by Crippen LogP contribution is -2.28. The lowest BCUT2D eigenvalue weighted by molar-refractivity contribution is -0.401. The Morgan fingerprint density at radius 2 is 1.00 bits per heavy atom. The molecule has 4 heteroatoms. The predicted octanol–water partition coefficient (Wildman–Crippen LogP) is 8.37. The van der Waals surface area contributed by atoms with Crippen LogP contribution in [-0.4, -0.2) is 11.2 Å². The van der Waals surface area contributed by atoms with Crippen LogP contribution >= 0.6 is 0 Å². The molecule has 0 aliphatic heterocycles. The zero-order valence-electron chi connectivity index (χ0n) is 22.5. The van der Waals surface area contributed by atoms with Crippen molar-refractivity contribution in [2.75, 3.05) is 0 Å². The quantitative estimate of drug-likeness (QED) is 0.310. The summed E-state index contributed by atoms with van der Waals surface area (Å²) in [6.07, 6.45) is 0. The predicted molar refractivity (Wildman–Crippen MR) is 137 cm³/mol. The van der Waals surface area contributed by atoms with Crippen LogP contribution in [0.1, 0.15) is 92.9 Å². The maximum Gasteiger partial charge on any atom is 0.123 e. The Bertz CT molecular complexity index is 868. The zero-order valence-corrected chi connectivity index (χ0v) is 22.5. The van der Waals surface area contributed by atoms with Crippen molar-refractivity contribution in [1.29, 1.82) is 0 Å². The van der Waals surface area contributed by atoms with Gasteiger partial charge >= 0.3 is 0 Å². The molecule has 184 valence electrons. The highest BCUT2D eigenvalue weighted by atomic mass is 17.2. The third-order valence-electron chi connectivity index (χ3n) is 4.52. The van der Waals surface area contributed by atoms with Gasteiger partial charge in [0.05, 0.1) is 11.2 Å². The molecule has 2 aromatic carbocycles. The summed E-state index contributed by atoms with van der Waals surface area (Å²) in [6, 6.07) is 18.2. The number of allylic oxidation sites excluding steroid dienone is 1. The molecule has 0 atom stereocenters. The number of hydrogen-bond acceptors (Lipinski definition) is 4. The minimum atomic E-state index is -0.487. The summed E-state index contributed by atoms with van der Waals surface area (Å²) in [5, 5.41) is 0. The second-order valence-electron chi connectivity index (χ2n) is 11.3. The van der Waals surface area contributed by atoms with Crippen LogP contribution in [0.3, 0.4) is 0 Å². The SMILES string of the molecule is C=C(C)c1cccc(C(C)(C)OOC(C)(C)C)c1.CC(C)(C)OOC(C)(C)c1ccccc1. The minimum absolute atomic E-state index is 0.286. The third-order valence-corrected chi connectivity index (χ3v) is 4.52. The van der Waals surface area contributed by atoms with E-state index in [4.69, 9.17) is 19.6 Å². The summed E-state index contributed by atoms with van der Waals surface area (Å²) < 4.78 is 0. The minimum Gasteiger partial charge on any atom is -0.230 e. The van der Waals surface area contributed by atoms with Crippen molar-refractivity contribution in [1.82, 2.24) is 0 Å². The molecule has 4 nitrogen and oxygen atoms in total. The average molecular weight is 457 g/mol. The normalized spacial score (nSPS) is 12.7. The van der Waals surface area contributed by atoms with Crippen molar-refractivity contribution in [2.45, 2.75) is 98.6 Å². The fourth-order valence-electron chi connectivity index (χ4n) is 2.55. The van der Waals surface area contributed by atoms with Crippen molar-refractivity contribution < 1.29 is 19.6 Å². The van der Waals surface area contributed by atoms with Gasteiger partial charge < -0.3 is 0 Å². The maximum absolute atomic E-state index is 5.59. The van der Waals surface area contributed by atoms with Gasteiger partial charge in [-0.25, -0.2) is 19.6 Å². The molecular weight excluding hydrogens is 412 g/mol. The molecule has 0 aliphatic rings. The molecule has 0 saturated heterocycles. The van der Waals surface area contributed by atoms with Crippen LogP contribution in [0.4, 0.5) is 0 Å². The van der Waals surface area contributed by atoms with Gasteiger partial charge in [-0.2, -0.15) is 0 Å². The van der Waals surface area contributed by atoms with Gasteiger partial charge in [-0.15, -0.1) is 0 Å². The molecule has 0 amide bonds. The summed E-state index contributed by atoms with van der Waals surface area (Å²) in [5.74, 6) is 0. The van der Waals surface area contributed by atoms with Crippen LogP contribution in [0.15, 0.2) is 61.2 Å². The van der Waals surface area contributed by atoms with E-state index < -0.39 is 11.2 Å². The molecule has 0 aromatic heterocycles. The molecule has 2 rings (SSSR count). The summed E-state index contributed by atoms with van der Waals surface area (Å²) in [5.41, 5.74) is 2.84. The van der Waals surface area contributed by atoms with Crippen molar-refractivity contribution >= 4 is 5.57 Å². The second kappa shape index (κ2) is 11.4. The van der Waals surface area contributed by atoms with E-state index >= 15 is 0 Å². The van der Waals surface area contributed by atoms with Crippen molar-refractivity contribution in [3.05, 3.63) is 77.9 Å². The molecule has 0 bridgehead atoms. The number of hydrogen-bond donors (Lipinski definition) is 0. The molecule has 33 heavy (non-hydrogen) atoms. The van der Waals surface area contributed by atoms with Crippen LogP contribution in [0.5, 0.6) is 0 Å². The monoisotopic (exact) mass is 456 g/mol. The van der Waals surface area contributed by atoms with E-state index in [2.05, 4.69) is 12.6 Å². The van der Waals surface area contributed by atoms with Crippen LogP contribution in [0.2, 0.25) is 0 Å². The topological polar surface area (TPSA) is 36.9 Å². The maximum atomic E-state index is 5.59. The molecule has 0 heterocycles. The lowest BCUT2D eigenvalue weighted by atomic mass is 9.95. The number of rotatable bonds is 7. The van der Waals surface area contributed by atoms with Gasteiger partial charge in [0.25, 0.3) is 0 Å².